The van der Waals surface area contributed by atoms with Gasteiger partial charge in [0, 0.05) is 5.92 Å². The number of fused-ring (bicyclic) bond motifs is 1. The van der Waals surface area contributed by atoms with Crippen molar-refractivity contribution in [2.75, 3.05) is 13.2 Å². The second kappa shape index (κ2) is 6.03. The van der Waals surface area contributed by atoms with Gasteiger partial charge in [-0.25, -0.2) is 0 Å². The van der Waals surface area contributed by atoms with Crippen molar-refractivity contribution in [2.24, 2.45) is 5.41 Å². The molecule has 2 aromatic rings. The van der Waals surface area contributed by atoms with Crippen molar-refractivity contribution in [3.05, 3.63) is 48.0 Å². The van der Waals surface area contributed by atoms with Crippen LogP contribution in [0.2, 0.25) is 0 Å². The van der Waals surface area contributed by atoms with E-state index in [1.54, 1.807) is 13.8 Å². The summed E-state index contributed by atoms with van der Waals surface area (Å²) in [6.07, 6.45) is 0.443. The lowest BCUT2D eigenvalue weighted by molar-refractivity contribution is -0.164. The zero-order valence-corrected chi connectivity index (χ0v) is 13.4. The van der Waals surface area contributed by atoms with E-state index in [2.05, 4.69) is 0 Å². The van der Waals surface area contributed by atoms with Gasteiger partial charge < -0.3 is 9.47 Å². The second-order valence-electron chi connectivity index (χ2n) is 5.74. The number of benzene rings is 2. The maximum absolute atomic E-state index is 12.4. The molecular weight excluding hydrogens is 292 g/mol. The van der Waals surface area contributed by atoms with E-state index in [9.17, 15) is 9.59 Å². The number of hydrogen-bond acceptors (Lipinski definition) is 4. The van der Waals surface area contributed by atoms with Crippen LogP contribution in [0.4, 0.5) is 0 Å². The molecule has 1 unspecified atom stereocenters. The quantitative estimate of drug-likeness (QED) is 0.627. The van der Waals surface area contributed by atoms with Gasteiger partial charge in [-0.2, -0.15) is 0 Å². The molecule has 1 saturated carbocycles. The van der Waals surface area contributed by atoms with Crippen LogP contribution < -0.4 is 0 Å². The normalized spacial score (nSPS) is 18.4. The molecule has 3 rings (SSSR count). The van der Waals surface area contributed by atoms with Crippen molar-refractivity contribution in [3.8, 4) is 0 Å². The minimum absolute atomic E-state index is 0.188. The van der Waals surface area contributed by atoms with Crippen molar-refractivity contribution >= 4 is 22.7 Å². The molecule has 1 aliphatic rings. The van der Waals surface area contributed by atoms with Gasteiger partial charge >= 0.3 is 11.9 Å². The van der Waals surface area contributed by atoms with E-state index in [1.165, 1.54) is 0 Å². The first-order valence-corrected chi connectivity index (χ1v) is 7.97. The standard InChI is InChI=1S/C19H20O4/c1-3-22-17(20)19(18(21)23-4-2)12-16(19)15-11-7-9-13-8-5-6-10-14(13)15/h5-11,16H,3-4,12H2,1-2H3. The van der Waals surface area contributed by atoms with Crippen LogP contribution in [0.25, 0.3) is 10.8 Å². The van der Waals surface area contributed by atoms with Crippen LogP contribution in [0.5, 0.6) is 0 Å². The topological polar surface area (TPSA) is 52.6 Å². The van der Waals surface area contributed by atoms with Gasteiger partial charge in [0.1, 0.15) is 0 Å². The maximum Gasteiger partial charge on any atom is 0.324 e. The van der Waals surface area contributed by atoms with E-state index < -0.39 is 17.4 Å². The molecule has 0 heterocycles. The summed E-state index contributed by atoms with van der Waals surface area (Å²) in [7, 11) is 0. The molecule has 0 aromatic heterocycles. The molecule has 0 spiro atoms. The number of carbonyl (C=O) groups is 2. The summed E-state index contributed by atoms with van der Waals surface area (Å²) in [4.78, 5) is 24.9. The van der Waals surface area contributed by atoms with E-state index in [0.29, 0.717) is 6.42 Å². The largest absolute Gasteiger partial charge is 0.465 e. The molecule has 23 heavy (non-hydrogen) atoms. The third-order valence-electron chi connectivity index (χ3n) is 4.44. The summed E-state index contributed by atoms with van der Waals surface area (Å²) >= 11 is 0. The predicted molar refractivity (Wildman–Crippen MR) is 87.0 cm³/mol. The number of carbonyl (C=O) groups excluding carboxylic acids is 2. The highest BCUT2D eigenvalue weighted by Crippen LogP contribution is 2.61. The molecule has 4 heteroatoms. The molecule has 1 fully saturated rings. The third-order valence-corrected chi connectivity index (χ3v) is 4.44. The average Bonchev–Trinajstić information content (AvgIpc) is 3.31. The van der Waals surface area contributed by atoms with E-state index in [4.69, 9.17) is 9.47 Å². The molecule has 0 saturated heterocycles. The number of ether oxygens (including phenoxy) is 2. The van der Waals surface area contributed by atoms with Crippen LogP contribution in [0.3, 0.4) is 0 Å². The first-order valence-electron chi connectivity index (χ1n) is 7.97. The molecule has 120 valence electrons. The van der Waals surface area contributed by atoms with Crippen LogP contribution in [-0.2, 0) is 19.1 Å². The Hall–Kier alpha value is -2.36. The number of rotatable bonds is 5. The van der Waals surface area contributed by atoms with Crippen molar-refractivity contribution < 1.29 is 19.1 Å². The Balaban J connectivity index is 2.02. The van der Waals surface area contributed by atoms with Gasteiger partial charge in [0.15, 0.2) is 5.41 Å². The Labute approximate surface area is 135 Å². The molecule has 0 amide bonds. The van der Waals surface area contributed by atoms with Crippen molar-refractivity contribution in [2.45, 2.75) is 26.2 Å². The van der Waals surface area contributed by atoms with Crippen molar-refractivity contribution in [1.29, 1.82) is 0 Å². The smallest absolute Gasteiger partial charge is 0.324 e. The molecule has 4 nitrogen and oxygen atoms in total. The summed E-state index contributed by atoms with van der Waals surface area (Å²) in [5, 5.41) is 2.16. The lowest BCUT2D eigenvalue weighted by Gasteiger charge is -2.15. The summed E-state index contributed by atoms with van der Waals surface area (Å²) in [5.41, 5.74) is -0.180. The molecule has 1 aliphatic carbocycles. The molecule has 1 atom stereocenters. The van der Waals surface area contributed by atoms with E-state index in [0.717, 1.165) is 16.3 Å². The van der Waals surface area contributed by atoms with Crippen LogP contribution in [0.1, 0.15) is 31.7 Å². The summed E-state index contributed by atoms with van der Waals surface area (Å²) in [6.45, 7) is 3.99. The second-order valence-corrected chi connectivity index (χ2v) is 5.74. The lowest BCUT2D eigenvalue weighted by Crippen LogP contribution is -2.31. The monoisotopic (exact) mass is 312 g/mol. The van der Waals surface area contributed by atoms with Crippen molar-refractivity contribution in [1.82, 2.24) is 0 Å². The molecular formula is C19H20O4. The molecule has 0 bridgehead atoms. The Bertz CT molecular complexity index is 727. The van der Waals surface area contributed by atoms with Gasteiger partial charge in [0.25, 0.3) is 0 Å². The fourth-order valence-electron chi connectivity index (χ4n) is 3.25. The fraction of sp³-hybridized carbons (Fsp3) is 0.368. The van der Waals surface area contributed by atoms with Crippen LogP contribution in [0.15, 0.2) is 42.5 Å². The first-order chi connectivity index (χ1) is 11.1. The maximum atomic E-state index is 12.4. The van der Waals surface area contributed by atoms with Gasteiger partial charge in [-0.3, -0.25) is 9.59 Å². The van der Waals surface area contributed by atoms with E-state index >= 15 is 0 Å². The SMILES string of the molecule is CCOC(=O)C1(C(=O)OCC)CC1c1cccc2ccccc12. The number of esters is 2. The van der Waals surface area contributed by atoms with Crippen molar-refractivity contribution in [3.63, 3.8) is 0 Å². The summed E-state index contributed by atoms with van der Waals surface area (Å²) < 4.78 is 10.3. The van der Waals surface area contributed by atoms with Crippen LogP contribution in [-0.4, -0.2) is 25.2 Å². The Morgan fingerprint density at radius 3 is 2.26 bits per heavy atom. The third kappa shape index (κ3) is 2.48. The average molecular weight is 312 g/mol. The molecule has 2 aromatic carbocycles. The molecule has 0 N–H and O–H groups in total. The molecule has 0 radical (unpaired) electrons. The van der Waals surface area contributed by atoms with Gasteiger partial charge in [0.2, 0.25) is 0 Å². The van der Waals surface area contributed by atoms with E-state index in [-0.39, 0.29) is 19.1 Å². The Morgan fingerprint density at radius 2 is 1.61 bits per heavy atom. The van der Waals surface area contributed by atoms with Crippen LogP contribution >= 0.6 is 0 Å². The minimum atomic E-state index is -1.18. The van der Waals surface area contributed by atoms with Gasteiger partial charge in [-0.1, -0.05) is 42.5 Å². The predicted octanol–water partition coefficient (Wildman–Crippen LogP) is 3.44. The summed E-state index contributed by atoms with van der Waals surface area (Å²) in [5.74, 6) is -1.14. The zero-order chi connectivity index (χ0) is 16.4. The highest BCUT2D eigenvalue weighted by Gasteiger charge is 2.68. The zero-order valence-electron chi connectivity index (χ0n) is 13.4. The lowest BCUT2D eigenvalue weighted by atomic mass is 9.95. The fourth-order valence-corrected chi connectivity index (χ4v) is 3.25. The first kappa shape index (κ1) is 15.5. The Kier molecular flexibility index (Phi) is 4.07. The highest BCUT2D eigenvalue weighted by molar-refractivity contribution is 6.06. The van der Waals surface area contributed by atoms with E-state index in [1.807, 2.05) is 42.5 Å². The van der Waals surface area contributed by atoms with Gasteiger partial charge in [-0.15, -0.1) is 0 Å². The molecule has 0 aliphatic heterocycles. The van der Waals surface area contributed by atoms with Crippen LogP contribution in [0, 0.1) is 5.41 Å². The minimum Gasteiger partial charge on any atom is -0.465 e. The highest BCUT2D eigenvalue weighted by atomic mass is 16.6. The Morgan fingerprint density at radius 1 is 1.00 bits per heavy atom. The number of hydrogen-bond donors (Lipinski definition) is 0. The van der Waals surface area contributed by atoms with Gasteiger partial charge in [-0.05, 0) is 36.6 Å². The summed E-state index contributed by atoms with van der Waals surface area (Å²) in [6, 6.07) is 13.9. The van der Waals surface area contributed by atoms with Gasteiger partial charge in [0.05, 0.1) is 13.2 Å².